The summed E-state index contributed by atoms with van der Waals surface area (Å²) in [6.45, 7) is 0. The second-order valence-electron chi connectivity index (χ2n) is 12.3. The molecule has 5 heterocycles. The zero-order valence-corrected chi connectivity index (χ0v) is 26.3. The Morgan fingerprint density at radius 2 is 1.29 bits per heavy atom. The van der Waals surface area contributed by atoms with Gasteiger partial charge in [-0.2, -0.15) is 0 Å². The summed E-state index contributed by atoms with van der Waals surface area (Å²) in [5, 5.41) is 10.1. The Morgan fingerprint density at radius 1 is 0.521 bits per heavy atom. The number of para-hydroxylation sites is 2. The zero-order chi connectivity index (χ0) is 31.3. The van der Waals surface area contributed by atoms with Crippen LogP contribution in [0.3, 0.4) is 0 Å². The number of hydrogen-bond acceptors (Lipinski definition) is 5. The summed E-state index contributed by atoms with van der Waals surface area (Å²) in [6, 6.07) is 47.0. The van der Waals surface area contributed by atoms with Crippen molar-refractivity contribution in [1.29, 1.82) is 0 Å². The normalized spacial score (nSPS) is 12.2. The van der Waals surface area contributed by atoms with Gasteiger partial charge in [0.1, 0.15) is 11.2 Å². The number of nitrogens with zero attached hydrogens (tertiary/aromatic N) is 3. The molecule has 11 aromatic rings. The molecule has 0 bridgehead atoms. The minimum Gasteiger partial charge on any atom is -0.455 e. The van der Waals surface area contributed by atoms with Crippen LogP contribution < -0.4 is 0 Å². The van der Waals surface area contributed by atoms with E-state index in [1.54, 1.807) is 0 Å². The molecule has 0 radical (unpaired) electrons. The molecule has 0 aliphatic heterocycles. The van der Waals surface area contributed by atoms with Crippen molar-refractivity contribution >= 4 is 96.9 Å². The van der Waals surface area contributed by atoms with Crippen LogP contribution in [-0.2, 0) is 0 Å². The van der Waals surface area contributed by atoms with Gasteiger partial charge in [-0.25, -0.2) is 9.97 Å². The van der Waals surface area contributed by atoms with Gasteiger partial charge in [-0.05, 0) is 48.5 Å². The van der Waals surface area contributed by atoms with Crippen LogP contribution in [-0.4, -0.2) is 15.0 Å². The summed E-state index contributed by atoms with van der Waals surface area (Å²) in [4.78, 5) is 15.4. The molecule has 0 aliphatic carbocycles. The van der Waals surface area contributed by atoms with Crippen LogP contribution in [0.4, 0.5) is 0 Å². The summed E-state index contributed by atoms with van der Waals surface area (Å²) in [7, 11) is 0. The Bertz CT molecular complexity index is 3140. The highest BCUT2D eigenvalue weighted by molar-refractivity contribution is 7.25. The maximum absolute atomic E-state index is 6.76. The molecule has 0 spiro atoms. The third kappa shape index (κ3) is 3.62. The molecule has 4 nitrogen and oxygen atoms in total. The van der Waals surface area contributed by atoms with Gasteiger partial charge >= 0.3 is 0 Å². The van der Waals surface area contributed by atoms with E-state index < -0.39 is 0 Å². The molecular formula is C43H23N3OS. The predicted octanol–water partition coefficient (Wildman–Crippen LogP) is 12.1. The second kappa shape index (κ2) is 9.67. The summed E-state index contributed by atoms with van der Waals surface area (Å²) >= 11 is 1.83. The molecule has 0 saturated carbocycles. The van der Waals surface area contributed by atoms with E-state index in [9.17, 15) is 0 Å². The van der Waals surface area contributed by atoms with Gasteiger partial charge in [0.2, 0.25) is 0 Å². The molecule has 48 heavy (non-hydrogen) atoms. The summed E-state index contributed by atoms with van der Waals surface area (Å²) < 4.78 is 9.33. The van der Waals surface area contributed by atoms with E-state index in [2.05, 4.69) is 121 Å². The van der Waals surface area contributed by atoms with Crippen LogP contribution in [0.2, 0.25) is 0 Å². The summed E-state index contributed by atoms with van der Waals surface area (Å²) in [6.07, 6.45) is 1.83. The first-order chi connectivity index (χ1) is 23.8. The molecule has 0 unspecified atom stereocenters. The molecule has 5 heteroatoms. The predicted molar refractivity (Wildman–Crippen MR) is 201 cm³/mol. The minimum atomic E-state index is 0.824. The molecule has 0 fully saturated rings. The highest BCUT2D eigenvalue weighted by Crippen LogP contribution is 2.46. The van der Waals surface area contributed by atoms with E-state index in [1.165, 1.54) is 20.2 Å². The summed E-state index contributed by atoms with van der Waals surface area (Å²) in [5.74, 6) is 0. The number of fused-ring (bicyclic) bond motifs is 13. The lowest BCUT2D eigenvalue weighted by Crippen LogP contribution is -1.93. The van der Waals surface area contributed by atoms with E-state index >= 15 is 0 Å². The number of hydrogen-bond donors (Lipinski definition) is 0. The Morgan fingerprint density at radius 3 is 2.23 bits per heavy atom. The number of thiophene rings is 1. The van der Waals surface area contributed by atoms with Crippen LogP contribution in [0.25, 0.3) is 108 Å². The molecule has 0 atom stereocenters. The first-order valence-corrected chi connectivity index (χ1v) is 16.8. The average molecular weight is 630 g/mol. The SMILES string of the molecule is c1cnc2c(c1)ccc1ccc(-c3cc4c(-c5ccc6sc7ccccc7c6c5)nc5ccccc5c4c4c3oc3ccccc34)nc12. The van der Waals surface area contributed by atoms with Gasteiger partial charge in [0.15, 0.2) is 0 Å². The van der Waals surface area contributed by atoms with Crippen LogP contribution in [0.1, 0.15) is 0 Å². The number of furan rings is 1. The first kappa shape index (κ1) is 26.0. The monoisotopic (exact) mass is 629 g/mol. The van der Waals surface area contributed by atoms with Crippen molar-refractivity contribution in [2.24, 2.45) is 0 Å². The fourth-order valence-corrected chi connectivity index (χ4v) is 8.57. The fraction of sp³-hybridized carbons (Fsp3) is 0. The van der Waals surface area contributed by atoms with E-state index in [0.29, 0.717) is 0 Å². The Kier molecular flexibility index (Phi) is 5.23. The van der Waals surface area contributed by atoms with Crippen LogP contribution in [0.5, 0.6) is 0 Å². The lowest BCUT2D eigenvalue weighted by Gasteiger charge is -2.14. The molecule has 0 aliphatic rings. The minimum absolute atomic E-state index is 0.824. The largest absolute Gasteiger partial charge is 0.455 e. The lowest BCUT2D eigenvalue weighted by atomic mass is 9.92. The highest BCUT2D eigenvalue weighted by atomic mass is 32.1. The van der Waals surface area contributed by atoms with Crippen molar-refractivity contribution in [2.45, 2.75) is 0 Å². The second-order valence-corrected chi connectivity index (χ2v) is 13.4. The third-order valence-electron chi connectivity index (χ3n) is 9.67. The molecule has 6 aromatic carbocycles. The number of rotatable bonds is 2. The molecule has 0 N–H and O–H groups in total. The lowest BCUT2D eigenvalue weighted by molar-refractivity contribution is 0.670. The number of benzene rings is 6. The molecule has 5 aromatic heterocycles. The van der Waals surface area contributed by atoms with Gasteiger partial charge < -0.3 is 4.42 Å². The van der Waals surface area contributed by atoms with Crippen molar-refractivity contribution in [2.75, 3.05) is 0 Å². The van der Waals surface area contributed by atoms with Crippen LogP contribution >= 0.6 is 11.3 Å². The van der Waals surface area contributed by atoms with E-state index in [-0.39, 0.29) is 0 Å². The van der Waals surface area contributed by atoms with Crippen molar-refractivity contribution in [1.82, 2.24) is 15.0 Å². The Labute approximate surface area is 277 Å². The topological polar surface area (TPSA) is 51.8 Å². The average Bonchev–Trinajstić information content (AvgIpc) is 3.72. The highest BCUT2D eigenvalue weighted by Gasteiger charge is 2.22. The van der Waals surface area contributed by atoms with E-state index in [4.69, 9.17) is 19.4 Å². The van der Waals surface area contributed by atoms with Gasteiger partial charge in [-0.1, -0.05) is 84.9 Å². The van der Waals surface area contributed by atoms with Gasteiger partial charge in [-0.3, -0.25) is 4.98 Å². The molecular weight excluding hydrogens is 607 g/mol. The Hall–Kier alpha value is -6.17. The zero-order valence-electron chi connectivity index (χ0n) is 25.4. The number of pyridine rings is 3. The Balaban J connectivity index is 1.31. The van der Waals surface area contributed by atoms with Crippen molar-refractivity contribution in [3.05, 3.63) is 140 Å². The maximum Gasteiger partial charge on any atom is 0.145 e. The van der Waals surface area contributed by atoms with Crippen molar-refractivity contribution < 1.29 is 4.42 Å². The molecule has 222 valence electrons. The quantitative estimate of drug-likeness (QED) is 0.179. The summed E-state index contributed by atoms with van der Waals surface area (Å²) in [5.41, 5.74) is 8.20. The molecule has 0 saturated heterocycles. The first-order valence-electron chi connectivity index (χ1n) is 16.0. The number of aromatic nitrogens is 3. The van der Waals surface area contributed by atoms with Crippen LogP contribution in [0.15, 0.2) is 144 Å². The fourth-order valence-electron chi connectivity index (χ4n) is 7.49. The van der Waals surface area contributed by atoms with E-state index in [1.807, 2.05) is 29.7 Å². The standard InChI is InChI=1S/C43H23N3OS/c1-4-12-33-28(10-1)38-32(40(45-33)26-18-20-37-30(22-26)27-9-3-6-14-36(27)48-37)23-31(43-39(38)29-11-2-5-13-35(29)47-43)34-19-17-25-16-15-24-8-7-21-44-41(24)42(25)46-34/h1-23H. The van der Waals surface area contributed by atoms with Crippen molar-refractivity contribution in [3.8, 4) is 22.5 Å². The van der Waals surface area contributed by atoms with Crippen LogP contribution in [0, 0.1) is 0 Å². The van der Waals surface area contributed by atoms with Gasteiger partial charge in [-0.15, -0.1) is 11.3 Å². The van der Waals surface area contributed by atoms with E-state index in [0.717, 1.165) is 87.9 Å². The smallest absolute Gasteiger partial charge is 0.145 e. The van der Waals surface area contributed by atoms with Gasteiger partial charge in [0.05, 0.1) is 27.9 Å². The molecule has 11 rings (SSSR count). The molecule has 0 amide bonds. The van der Waals surface area contributed by atoms with Crippen molar-refractivity contribution in [3.63, 3.8) is 0 Å². The van der Waals surface area contributed by atoms with Gasteiger partial charge in [0.25, 0.3) is 0 Å². The van der Waals surface area contributed by atoms with Gasteiger partial charge in [0, 0.05) is 75.2 Å². The maximum atomic E-state index is 6.76. The third-order valence-corrected chi connectivity index (χ3v) is 10.8.